The van der Waals surface area contributed by atoms with Crippen molar-refractivity contribution in [1.29, 1.82) is 0 Å². The zero-order valence-corrected chi connectivity index (χ0v) is 12.8. The molecule has 4 nitrogen and oxygen atoms in total. The minimum absolute atomic E-state index is 0.784. The number of hydrogen-bond acceptors (Lipinski definition) is 4. The molecule has 0 radical (unpaired) electrons. The van der Waals surface area contributed by atoms with Crippen molar-refractivity contribution in [2.75, 3.05) is 13.1 Å². The molecule has 0 amide bonds. The van der Waals surface area contributed by atoms with Gasteiger partial charge in [-0.1, -0.05) is 6.92 Å². The molecule has 104 valence electrons. The highest BCUT2D eigenvalue weighted by atomic mass is 32.1. The van der Waals surface area contributed by atoms with E-state index in [-0.39, 0.29) is 0 Å². The van der Waals surface area contributed by atoms with Crippen LogP contribution in [0.25, 0.3) is 0 Å². The highest BCUT2D eigenvalue weighted by Gasteiger charge is 2.11. The number of aromatic nitrogens is 3. The van der Waals surface area contributed by atoms with Crippen molar-refractivity contribution < 1.29 is 0 Å². The van der Waals surface area contributed by atoms with E-state index in [1.807, 2.05) is 11.6 Å². The first-order chi connectivity index (χ1) is 9.22. The smallest absolute Gasteiger partial charge is 0.114 e. The van der Waals surface area contributed by atoms with E-state index < -0.39 is 0 Å². The molecule has 2 aromatic heterocycles. The third-order valence-electron chi connectivity index (χ3n) is 3.28. The molecule has 0 fully saturated rings. The number of hydrogen-bond donors (Lipinski definition) is 1. The van der Waals surface area contributed by atoms with E-state index >= 15 is 0 Å². The normalized spacial score (nSPS) is 11.1. The zero-order valence-electron chi connectivity index (χ0n) is 11.9. The summed E-state index contributed by atoms with van der Waals surface area (Å²) < 4.78 is 2.07. The highest BCUT2D eigenvalue weighted by molar-refractivity contribution is 7.09. The zero-order chi connectivity index (χ0) is 13.7. The first-order valence-electron chi connectivity index (χ1n) is 6.84. The van der Waals surface area contributed by atoms with Crippen LogP contribution in [0.1, 0.15) is 35.3 Å². The van der Waals surface area contributed by atoms with Crippen LogP contribution < -0.4 is 5.32 Å². The minimum Gasteiger partial charge on any atom is -0.316 e. The number of aryl methyl sites for hydroxylation is 1. The molecule has 2 rings (SSSR count). The quantitative estimate of drug-likeness (QED) is 0.792. The van der Waals surface area contributed by atoms with E-state index in [2.05, 4.69) is 40.9 Å². The molecule has 0 saturated carbocycles. The molecule has 0 spiro atoms. The monoisotopic (exact) mass is 278 g/mol. The Morgan fingerprint density at radius 3 is 2.84 bits per heavy atom. The molecular formula is C14H22N4S. The summed E-state index contributed by atoms with van der Waals surface area (Å²) in [6.45, 7) is 9.34. The first kappa shape index (κ1) is 14.2. The van der Waals surface area contributed by atoms with Gasteiger partial charge in [0, 0.05) is 17.3 Å². The molecule has 0 unspecified atom stereocenters. The molecule has 2 aromatic rings. The van der Waals surface area contributed by atoms with Crippen LogP contribution >= 0.6 is 11.3 Å². The fourth-order valence-corrected chi connectivity index (χ4v) is 2.82. The number of nitrogens with one attached hydrogen (secondary N) is 1. The summed E-state index contributed by atoms with van der Waals surface area (Å²) in [6.07, 6.45) is 4.08. The SMILES string of the molecule is CCCNCCc1c(C)nn(Cc2nccs2)c1C. The third kappa shape index (κ3) is 3.64. The van der Waals surface area contributed by atoms with E-state index in [4.69, 9.17) is 0 Å². The van der Waals surface area contributed by atoms with Crippen molar-refractivity contribution in [2.24, 2.45) is 0 Å². The Bertz CT molecular complexity index is 502. The van der Waals surface area contributed by atoms with Gasteiger partial charge in [-0.05, 0) is 45.3 Å². The predicted octanol–water partition coefficient (Wildman–Crippen LogP) is 2.55. The Hall–Kier alpha value is -1.20. The Kier molecular flexibility index (Phi) is 5.10. The van der Waals surface area contributed by atoms with Crippen molar-refractivity contribution in [2.45, 2.75) is 40.2 Å². The molecule has 0 aromatic carbocycles. The summed E-state index contributed by atoms with van der Waals surface area (Å²) in [7, 11) is 0. The number of rotatable bonds is 7. The second kappa shape index (κ2) is 6.82. The summed E-state index contributed by atoms with van der Waals surface area (Å²) in [5.74, 6) is 0. The van der Waals surface area contributed by atoms with Gasteiger partial charge < -0.3 is 5.32 Å². The molecule has 0 atom stereocenters. The molecule has 0 saturated heterocycles. The van der Waals surface area contributed by atoms with Crippen LogP contribution in [-0.2, 0) is 13.0 Å². The van der Waals surface area contributed by atoms with Crippen LogP contribution in [0.3, 0.4) is 0 Å². The minimum atomic E-state index is 0.784. The summed E-state index contributed by atoms with van der Waals surface area (Å²) in [5, 5.41) is 11.2. The maximum absolute atomic E-state index is 4.64. The summed E-state index contributed by atoms with van der Waals surface area (Å²) >= 11 is 1.68. The van der Waals surface area contributed by atoms with Crippen LogP contribution in [0.4, 0.5) is 0 Å². The lowest BCUT2D eigenvalue weighted by Gasteiger charge is -2.05. The van der Waals surface area contributed by atoms with E-state index in [0.29, 0.717) is 0 Å². The number of nitrogens with zero attached hydrogens (tertiary/aromatic N) is 3. The van der Waals surface area contributed by atoms with Gasteiger partial charge in [-0.2, -0.15) is 5.10 Å². The van der Waals surface area contributed by atoms with Crippen LogP contribution in [0, 0.1) is 13.8 Å². The highest BCUT2D eigenvalue weighted by Crippen LogP contribution is 2.16. The van der Waals surface area contributed by atoms with Crippen LogP contribution in [0.15, 0.2) is 11.6 Å². The first-order valence-corrected chi connectivity index (χ1v) is 7.72. The Balaban J connectivity index is 2.02. The average molecular weight is 278 g/mol. The van der Waals surface area contributed by atoms with Gasteiger partial charge in [-0.15, -0.1) is 11.3 Å². The lowest BCUT2D eigenvalue weighted by molar-refractivity contribution is 0.651. The van der Waals surface area contributed by atoms with Gasteiger partial charge in [-0.25, -0.2) is 4.98 Å². The van der Waals surface area contributed by atoms with Gasteiger partial charge >= 0.3 is 0 Å². The van der Waals surface area contributed by atoms with Crippen molar-refractivity contribution in [3.63, 3.8) is 0 Å². The lowest BCUT2D eigenvalue weighted by atomic mass is 10.1. The molecule has 5 heteroatoms. The molecular weight excluding hydrogens is 256 g/mol. The van der Waals surface area contributed by atoms with Gasteiger partial charge in [0.2, 0.25) is 0 Å². The van der Waals surface area contributed by atoms with Crippen LogP contribution in [-0.4, -0.2) is 27.9 Å². The van der Waals surface area contributed by atoms with Gasteiger partial charge in [-0.3, -0.25) is 4.68 Å². The molecule has 0 aliphatic heterocycles. The van der Waals surface area contributed by atoms with Crippen LogP contribution in [0.5, 0.6) is 0 Å². The Labute approximate surface area is 118 Å². The summed E-state index contributed by atoms with van der Waals surface area (Å²) in [6, 6.07) is 0. The molecule has 19 heavy (non-hydrogen) atoms. The van der Waals surface area contributed by atoms with E-state index in [0.717, 1.165) is 36.8 Å². The molecule has 2 heterocycles. The molecule has 0 aliphatic rings. The largest absolute Gasteiger partial charge is 0.316 e. The maximum atomic E-state index is 4.64. The van der Waals surface area contributed by atoms with Crippen molar-refractivity contribution in [1.82, 2.24) is 20.1 Å². The standard InChI is InChI=1S/C14H22N4S/c1-4-6-15-7-5-13-11(2)17-18(12(13)3)10-14-16-8-9-19-14/h8-9,15H,4-7,10H2,1-3H3. The van der Waals surface area contributed by atoms with Crippen LogP contribution in [0.2, 0.25) is 0 Å². The Morgan fingerprint density at radius 2 is 2.16 bits per heavy atom. The topological polar surface area (TPSA) is 42.7 Å². The third-order valence-corrected chi connectivity index (χ3v) is 4.04. The summed E-state index contributed by atoms with van der Waals surface area (Å²) in [5.41, 5.74) is 3.79. The summed E-state index contributed by atoms with van der Waals surface area (Å²) in [4.78, 5) is 4.32. The van der Waals surface area contributed by atoms with Gasteiger partial charge in [0.05, 0.1) is 12.2 Å². The maximum Gasteiger partial charge on any atom is 0.114 e. The van der Waals surface area contributed by atoms with Gasteiger partial charge in [0.25, 0.3) is 0 Å². The Morgan fingerprint density at radius 1 is 1.32 bits per heavy atom. The van der Waals surface area contributed by atoms with Gasteiger partial charge in [0.1, 0.15) is 5.01 Å². The predicted molar refractivity (Wildman–Crippen MR) is 79.8 cm³/mol. The lowest BCUT2D eigenvalue weighted by Crippen LogP contribution is -2.18. The fourth-order valence-electron chi connectivity index (χ4n) is 2.22. The molecule has 0 bridgehead atoms. The van der Waals surface area contributed by atoms with Gasteiger partial charge in [0.15, 0.2) is 0 Å². The fraction of sp³-hybridized carbons (Fsp3) is 0.571. The van der Waals surface area contributed by atoms with Crippen molar-refractivity contribution >= 4 is 11.3 Å². The second-order valence-electron chi connectivity index (χ2n) is 4.73. The number of thiazole rings is 1. The molecule has 1 N–H and O–H groups in total. The molecule has 0 aliphatic carbocycles. The van der Waals surface area contributed by atoms with E-state index in [1.54, 1.807) is 11.3 Å². The second-order valence-corrected chi connectivity index (χ2v) is 5.71. The van der Waals surface area contributed by atoms with Crippen molar-refractivity contribution in [3.05, 3.63) is 33.5 Å². The van der Waals surface area contributed by atoms with E-state index in [9.17, 15) is 0 Å². The van der Waals surface area contributed by atoms with E-state index in [1.165, 1.54) is 17.7 Å². The average Bonchev–Trinajstić information content (AvgIpc) is 2.98. The van der Waals surface area contributed by atoms with Crippen molar-refractivity contribution in [3.8, 4) is 0 Å².